The van der Waals surface area contributed by atoms with Crippen LogP contribution >= 0.6 is 30.1 Å². The fourth-order valence-corrected chi connectivity index (χ4v) is 13.6. The molecule has 0 spiro atoms. The van der Waals surface area contributed by atoms with Crippen molar-refractivity contribution >= 4 is 50.5 Å². The fraction of sp³-hybridized carbons (Fsp3) is 0.952. The van der Waals surface area contributed by atoms with Crippen LogP contribution in [0.1, 0.15) is 99.3 Å². The second-order valence-electron chi connectivity index (χ2n) is 20.3. The van der Waals surface area contributed by atoms with Crippen LogP contribution < -0.4 is 0 Å². The topological polar surface area (TPSA) is 144 Å². The molecular weight excluding hydrogens is 1050 g/mol. The van der Waals surface area contributed by atoms with Crippen molar-refractivity contribution in [1.82, 2.24) is 0 Å². The Balaban J connectivity index is 0.00000641. The van der Waals surface area contributed by atoms with Crippen LogP contribution in [0.2, 0.25) is 13.6 Å². The smallest absolute Gasteiger partial charge is 0.312 e. The largest absolute Gasteiger partial charge is 0.424 e. The summed E-state index contributed by atoms with van der Waals surface area (Å²) in [5, 5.41) is 37.7. The molecule has 12 nitrogen and oxygen atoms in total. The molecule has 0 amide bonds. The Morgan fingerprint density at radius 1 is 0.967 bits per heavy atom. The Bertz CT molecular complexity index is 1520. The minimum Gasteiger partial charge on any atom is -0.424 e. The first kappa shape index (κ1) is 51.0. The van der Waals surface area contributed by atoms with Gasteiger partial charge in [0.2, 0.25) is 7.09 Å². The van der Waals surface area contributed by atoms with Crippen LogP contribution in [0.4, 0.5) is 0 Å². The van der Waals surface area contributed by atoms with Crippen LogP contribution in [-0.4, -0.2) is 130 Å². The van der Waals surface area contributed by atoms with Gasteiger partial charge in [-0.25, -0.2) is 0 Å². The number of allylic oxidation sites excluding steroid dienone is 1. The molecule has 0 aromatic heterocycles. The predicted octanol–water partition coefficient (Wildman–Crippen LogP) is 5.55. The zero-order valence-electron chi connectivity index (χ0n) is 38.8. The number of aliphatic hydroxyl groups excluding tert-OH is 2. The van der Waals surface area contributed by atoms with Crippen molar-refractivity contribution in [2.45, 2.75) is 180 Å². The third kappa shape index (κ3) is 10.2. The van der Waals surface area contributed by atoms with Gasteiger partial charge in [-0.05, 0) is 81.8 Å². The Morgan fingerprint density at radius 3 is 2.31 bits per heavy atom. The molecule has 3 aliphatic heterocycles. The summed E-state index contributed by atoms with van der Waals surface area (Å²) >= 11 is 1.12. The summed E-state index contributed by atoms with van der Waals surface area (Å²) in [6.45, 7) is 17.8. The maximum Gasteiger partial charge on any atom is 0.312 e. The van der Waals surface area contributed by atoms with Crippen LogP contribution in [0.15, 0.2) is 11.6 Å². The van der Waals surface area contributed by atoms with E-state index in [0.29, 0.717) is 43.8 Å². The average Bonchev–Trinajstić information content (AvgIpc) is 3.78. The molecule has 19 atom stereocenters. The zero-order valence-corrected chi connectivity index (χ0v) is 45.7. The molecule has 342 valence electrons. The monoisotopic (exact) mass is 1130 g/mol. The van der Waals surface area contributed by atoms with Crippen LogP contribution in [0, 0.1) is 90.4 Å². The van der Waals surface area contributed by atoms with E-state index in [4.69, 9.17) is 43.2 Å². The molecule has 4 aliphatic carbocycles. The summed E-state index contributed by atoms with van der Waals surface area (Å²) in [6.07, 6.45) is 2.91. The van der Waals surface area contributed by atoms with Crippen molar-refractivity contribution in [3.05, 3.63) is 11.6 Å². The van der Waals surface area contributed by atoms with Crippen LogP contribution in [0.3, 0.4) is 0 Å². The van der Waals surface area contributed by atoms with Gasteiger partial charge in [0.25, 0.3) is 0 Å². The van der Waals surface area contributed by atoms with Crippen molar-refractivity contribution < 1.29 is 101 Å². The van der Waals surface area contributed by atoms with Crippen molar-refractivity contribution in [2.24, 2.45) is 46.3 Å². The summed E-state index contributed by atoms with van der Waals surface area (Å²) in [5.74, 6) is -0.405. The molecule has 3 N–H and O–H groups in total. The van der Waals surface area contributed by atoms with E-state index in [1.807, 2.05) is 20.6 Å². The summed E-state index contributed by atoms with van der Waals surface area (Å²) in [6, 6.07) is 0. The van der Waals surface area contributed by atoms with E-state index in [1.54, 1.807) is 0 Å². The van der Waals surface area contributed by atoms with Gasteiger partial charge in [0.15, 0.2) is 18.4 Å². The third-order valence-corrected chi connectivity index (χ3v) is 16.8. The van der Waals surface area contributed by atoms with Gasteiger partial charge < -0.3 is 57.2 Å². The van der Waals surface area contributed by atoms with Gasteiger partial charge in [-0.1, -0.05) is 78.7 Å². The molecule has 0 aromatic rings. The summed E-state index contributed by atoms with van der Waals surface area (Å²) in [7, 11) is 6.45. The molecule has 61 heavy (non-hydrogen) atoms. The maximum atomic E-state index is 13.9. The van der Waals surface area contributed by atoms with Crippen LogP contribution in [0.25, 0.3) is 0 Å². The molecule has 3 heterocycles. The molecule has 2 radical (unpaired) electrons. The number of aliphatic hydroxyl groups is 3. The molecule has 7 rings (SSSR count). The molecule has 0 bridgehead atoms. The number of fused-ring (bicyclic) bond motifs is 5. The van der Waals surface area contributed by atoms with Gasteiger partial charge in [0, 0.05) is 67.7 Å². The first-order chi connectivity index (χ1) is 28.9. The minimum absolute atomic E-state index is 0. The SMILES string of the molecule is [3H][B]SO[C@H]1CC[C@@]2(C)C(=CC[C@@H]3[C@@H]2CC[C@@]2(C)[C@H]3C[C@H](OC3OCC(C)C(OC4OCC(OB(C)P)C(OB(C)P)C4O)C3O)[C@]2(O)[C@H](C)C2(CCC(C)C)OCCO2)C1.[Ac]. The molecule has 7 aliphatic rings. The van der Waals surface area contributed by atoms with E-state index < -0.39 is 71.9 Å². The summed E-state index contributed by atoms with van der Waals surface area (Å²) in [4.78, 5) is 0. The van der Waals surface area contributed by atoms with Crippen molar-refractivity contribution in [3.63, 3.8) is 0 Å². The van der Waals surface area contributed by atoms with Gasteiger partial charge in [-0.15, -0.1) is 18.2 Å². The van der Waals surface area contributed by atoms with Gasteiger partial charge >= 0.3 is 13.3 Å². The van der Waals surface area contributed by atoms with E-state index in [2.05, 4.69) is 58.9 Å². The second kappa shape index (κ2) is 21.4. The predicted molar refractivity (Wildman–Crippen MR) is 242 cm³/mol. The maximum absolute atomic E-state index is 13.9. The van der Waals surface area contributed by atoms with E-state index in [9.17, 15) is 15.3 Å². The Labute approximate surface area is 413 Å². The minimum atomic E-state index is -1.40. The Hall–Kier alpha value is 2.11. The van der Waals surface area contributed by atoms with E-state index in [0.717, 1.165) is 56.8 Å². The molecule has 3 saturated carbocycles. The fourth-order valence-electron chi connectivity index (χ4n) is 12.9. The Morgan fingerprint density at radius 2 is 1.64 bits per heavy atom. The summed E-state index contributed by atoms with van der Waals surface area (Å²) in [5.41, 5.74) is -0.451. The van der Waals surface area contributed by atoms with Crippen molar-refractivity contribution in [2.75, 3.05) is 26.4 Å². The van der Waals surface area contributed by atoms with Crippen LogP contribution in [0.5, 0.6) is 0 Å². The van der Waals surface area contributed by atoms with Crippen molar-refractivity contribution in [1.29, 1.82) is 1.34 Å². The molecule has 10 unspecified atom stereocenters. The van der Waals surface area contributed by atoms with Crippen molar-refractivity contribution in [3.8, 4) is 0 Å². The van der Waals surface area contributed by atoms with Gasteiger partial charge in [-0.2, -0.15) is 0 Å². The summed E-state index contributed by atoms with van der Waals surface area (Å²) < 4.78 is 64.8. The van der Waals surface area contributed by atoms with E-state index in [-0.39, 0.29) is 93.9 Å². The van der Waals surface area contributed by atoms with E-state index in [1.165, 1.54) is 12.7 Å². The first-order valence-corrected chi connectivity index (χ1v) is 25.0. The third-order valence-electron chi connectivity index (χ3n) is 16.1. The normalized spacial score (nSPS) is 45.1. The molecule has 0 aromatic carbocycles. The van der Waals surface area contributed by atoms with Crippen LogP contribution in [-0.2, 0) is 41.9 Å². The van der Waals surface area contributed by atoms with Gasteiger partial charge in [0.1, 0.15) is 17.8 Å². The van der Waals surface area contributed by atoms with Gasteiger partial charge in [-0.3, -0.25) is 0 Å². The number of rotatable bonds is 16. The average molecular weight is 1130 g/mol. The number of hydrogen-bond acceptors (Lipinski definition) is 13. The number of hydrogen-bond donors (Lipinski definition) is 3. The first-order valence-electron chi connectivity index (χ1n) is 23.4. The molecular formula is C42H74AcB3O12P2S. The molecule has 3 saturated heterocycles. The molecule has 6 fully saturated rings. The standard InChI is InChI=1S/C42H74B3O12P2S.Ac/c1-23(2)11-16-41(51-17-18-52-41)25(4)42(48)32(20-30-28-10-9-26-19-27(57-60-43)12-14-39(26,5)29(28)13-15-40(30,42)6)53-37-33(46)35(24(3)21-49-37)54-38-34(47)36(56-45(8)59)31(22-50-38)55-44(7)58;/h9,23-25,27-38,43,46-48H,10-22,58-59H2,1-8H3;/t24?,25-,27+,28-,29+,30+,31?,32+,33?,34?,35?,36?,37?,38?,39+,40+,42-;/m1./s1/i43T;. The Kier molecular flexibility index (Phi) is 17.9. The zero-order chi connectivity index (χ0) is 44.1. The van der Waals surface area contributed by atoms with E-state index >= 15 is 0 Å². The van der Waals surface area contributed by atoms with Gasteiger partial charge in [0.05, 0.1) is 56.9 Å². The number of ether oxygens (including phenoxy) is 6. The quantitative estimate of drug-likeness (QED) is 0.0771. The molecule has 19 heteroatoms. The second-order valence-corrected chi connectivity index (χ2v) is 22.5.